The molecule has 0 bridgehead atoms. The molecule has 2 N–H and O–H groups in total. The van der Waals surface area contributed by atoms with Gasteiger partial charge in [0.15, 0.2) is 0 Å². The number of rotatable bonds is 13. The van der Waals surface area contributed by atoms with Crippen LogP contribution in [0.5, 0.6) is 11.6 Å². The lowest BCUT2D eigenvalue weighted by atomic mass is 9.77. The number of amides is 1. The number of nitrogens with one attached hydrogen (secondary N) is 1. The average Bonchev–Trinajstić information content (AvgIpc) is 2.97. The van der Waals surface area contributed by atoms with Gasteiger partial charge in [-0.1, -0.05) is 56.7 Å². The molecule has 0 spiro atoms. The zero-order valence-electron chi connectivity index (χ0n) is 22.8. The molecule has 2 aliphatic carbocycles. The Balaban J connectivity index is 1.42. The highest BCUT2D eigenvalue weighted by Gasteiger charge is 2.35. The number of hydrogen-bond acceptors (Lipinski definition) is 7. The first-order valence-electron chi connectivity index (χ1n) is 14.5. The Hall–Kier alpha value is -3.04. The molecule has 212 valence electrons. The maximum Gasteiger partial charge on any atom is 0.292 e. The van der Waals surface area contributed by atoms with Crippen molar-refractivity contribution in [3.05, 3.63) is 58.3 Å². The van der Waals surface area contributed by atoms with E-state index in [-0.39, 0.29) is 36.7 Å². The van der Waals surface area contributed by atoms with Crippen LogP contribution in [0, 0.1) is 22.0 Å². The number of pyridine rings is 1. The predicted octanol–water partition coefficient (Wildman–Crippen LogP) is 5.61. The quantitative estimate of drug-likeness (QED) is 0.193. The summed E-state index contributed by atoms with van der Waals surface area (Å²) in [6, 6.07) is 11.0. The van der Waals surface area contributed by atoms with Crippen molar-refractivity contribution >= 4 is 11.6 Å². The average molecular weight is 539 g/mol. The van der Waals surface area contributed by atoms with Crippen LogP contribution < -0.4 is 10.1 Å². The van der Waals surface area contributed by atoms with Crippen LogP contribution in [0.3, 0.4) is 0 Å². The maximum absolute atomic E-state index is 13.9. The lowest BCUT2D eigenvalue weighted by Crippen LogP contribution is -2.48. The van der Waals surface area contributed by atoms with Gasteiger partial charge in [0.1, 0.15) is 11.9 Å². The topological polar surface area (TPSA) is 118 Å². The number of ether oxygens (including phenoxy) is 1. The van der Waals surface area contributed by atoms with Crippen LogP contribution in [0.2, 0.25) is 0 Å². The molecule has 2 fully saturated rings. The van der Waals surface area contributed by atoms with E-state index in [2.05, 4.69) is 10.3 Å². The molecule has 9 nitrogen and oxygen atoms in total. The fourth-order valence-electron chi connectivity index (χ4n) is 6.20. The molecule has 0 saturated heterocycles. The van der Waals surface area contributed by atoms with Crippen molar-refractivity contribution < 1.29 is 19.6 Å². The largest absolute Gasteiger partial charge is 0.439 e. The van der Waals surface area contributed by atoms with Crippen LogP contribution in [0.1, 0.15) is 76.2 Å². The Morgan fingerprint density at radius 1 is 1.10 bits per heavy atom. The smallest absolute Gasteiger partial charge is 0.292 e. The molecule has 2 aromatic rings. The van der Waals surface area contributed by atoms with Gasteiger partial charge in [-0.15, -0.1) is 0 Å². The number of hydrogen-bond donors (Lipinski definition) is 2. The van der Waals surface area contributed by atoms with E-state index in [9.17, 15) is 20.0 Å². The minimum Gasteiger partial charge on any atom is -0.439 e. The van der Waals surface area contributed by atoms with Crippen LogP contribution >= 0.6 is 0 Å². The van der Waals surface area contributed by atoms with Crippen LogP contribution in [0.4, 0.5) is 5.69 Å². The summed E-state index contributed by atoms with van der Waals surface area (Å²) in [5.74, 6) is 1.33. The van der Waals surface area contributed by atoms with Gasteiger partial charge >= 0.3 is 0 Å². The molecule has 1 atom stereocenters. The Morgan fingerprint density at radius 2 is 1.79 bits per heavy atom. The first-order chi connectivity index (χ1) is 19.1. The predicted molar refractivity (Wildman–Crippen MR) is 149 cm³/mol. The first kappa shape index (κ1) is 29.0. The number of aliphatic hydroxyl groups is 1. The molecule has 1 aromatic carbocycles. The number of aromatic nitrogens is 1. The number of aliphatic hydroxyl groups excluding tert-OH is 1. The highest BCUT2D eigenvalue weighted by Crippen LogP contribution is 2.34. The van der Waals surface area contributed by atoms with Gasteiger partial charge in [-0.05, 0) is 56.7 Å². The van der Waals surface area contributed by atoms with E-state index in [1.165, 1.54) is 19.0 Å². The van der Waals surface area contributed by atoms with Crippen molar-refractivity contribution in [2.75, 3.05) is 19.7 Å². The van der Waals surface area contributed by atoms with Gasteiger partial charge in [0.2, 0.25) is 11.8 Å². The van der Waals surface area contributed by atoms with E-state index in [0.29, 0.717) is 42.6 Å². The van der Waals surface area contributed by atoms with Gasteiger partial charge in [0, 0.05) is 31.1 Å². The third kappa shape index (κ3) is 8.22. The Bertz CT molecular complexity index is 1050. The molecule has 1 amide bonds. The highest BCUT2D eigenvalue weighted by molar-refractivity contribution is 5.79. The molecule has 1 aromatic heterocycles. The Labute approximate surface area is 231 Å². The van der Waals surface area contributed by atoms with Gasteiger partial charge < -0.3 is 20.1 Å². The Morgan fingerprint density at radius 3 is 2.46 bits per heavy atom. The third-order valence-corrected chi connectivity index (χ3v) is 8.23. The molecule has 1 unspecified atom stereocenters. The van der Waals surface area contributed by atoms with E-state index >= 15 is 0 Å². The van der Waals surface area contributed by atoms with E-state index in [4.69, 9.17) is 4.74 Å². The van der Waals surface area contributed by atoms with Gasteiger partial charge in [-0.2, -0.15) is 0 Å². The third-order valence-electron chi connectivity index (χ3n) is 8.23. The summed E-state index contributed by atoms with van der Waals surface area (Å²) < 4.78 is 5.78. The summed E-state index contributed by atoms with van der Waals surface area (Å²) in [6.07, 6.45) is 13.1. The fraction of sp³-hybridized carbons (Fsp3) is 0.600. The molecule has 2 saturated carbocycles. The van der Waals surface area contributed by atoms with Gasteiger partial charge in [-0.3, -0.25) is 14.9 Å². The summed E-state index contributed by atoms with van der Waals surface area (Å²) in [5.41, 5.74) is 0.430. The summed E-state index contributed by atoms with van der Waals surface area (Å²) in [6.45, 7) is 1.22. The second-order valence-electron chi connectivity index (χ2n) is 10.8. The summed E-state index contributed by atoms with van der Waals surface area (Å²) >= 11 is 0. The van der Waals surface area contributed by atoms with Crippen LogP contribution in [0.15, 0.2) is 42.6 Å². The normalized spacial score (nSPS) is 17.5. The number of carbonyl (C=O) groups excluding carboxylic acids is 1. The van der Waals surface area contributed by atoms with E-state index in [0.717, 1.165) is 51.4 Å². The van der Waals surface area contributed by atoms with Gasteiger partial charge in [-0.25, -0.2) is 4.98 Å². The van der Waals surface area contributed by atoms with Crippen LogP contribution in [-0.2, 0) is 11.3 Å². The summed E-state index contributed by atoms with van der Waals surface area (Å²) in [4.78, 5) is 31.2. The van der Waals surface area contributed by atoms with E-state index in [1.54, 1.807) is 18.2 Å². The van der Waals surface area contributed by atoms with Gasteiger partial charge in [0.25, 0.3) is 5.69 Å². The monoisotopic (exact) mass is 538 g/mol. The first-order valence-corrected chi connectivity index (χ1v) is 14.5. The van der Waals surface area contributed by atoms with E-state index in [1.807, 2.05) is 23.1 Å². The molecule has 9 heteroatoms. The van der Waals surface area contributed by atoms with Crippen molar-refractivity contribution in [2.24, 2.45) is 11.8 Å². The number of nitrogens with zero attached hydrogens (tertiary/aromatic N) is 3. The second-order valence-corrected chi connectivity index (χ2v) is 10.8. The number of carbonyl (C=O) groups is 1. The lowest BCUT2D eigenvalue weighted by Gasteiger charge is -2.39. The lowest BCUT2D eigenvalue weighted by molar-refractivity contribution is -0.385. The molecule has 39 heavy (non-hydrogen) atoms. The minimum atomic E-state index is -0.429. The van der Waals surface area contributed by atoms with Crippen molar-refractivity contribution in [3.63, 3.8) is 0 Å². The molecule has 2 aliphatic rings. The van der Waals surface area contributed by atoms with Gasteiger partial charge in [0.05, 0.1) is 17.1 Å². The summed E-state index contributed by atoms with van der Waals surface area (Å²) in [5, 5.41) is 24.8. The highest BCUT2D eigenvalue weighted by atomic mass is 16.6. The molecule has 4 rings (SSSR count). The molecule has 1 heterocycles. The van der Waals surface area contributed by atoms with E-state index < -0.39 is 4.92 Å². The van der Waals surface area contributed by atoms with Crippen molar-refractivity contribution in [2.45, 2.75) is 83.2 Å². The van der Waals surface area contributed by atoms with Crippen molar-refractivity contribution in [1.82, 2.24) is 15.2 Å². The number of nitro groups is 1. The maximum atomic E-state index is 13.9. The molecule has 0 aliphatic heterocycles. The summed E-state index contributed by atoms with van der Waals surface area (Å²) in [7, 11) is 0. The van der Waals surface area contributed by atoms with Crippen molar-refractivity contribution in [3.8, 4) is 11.6 Å². The zero-order valence-corrected chi connectivity index (χ0v) is 22.8. The molecular weight excluding hydrogens is 496 g/mol. The fourth-order valence-corrected chi connectivity index (χ4v) is 6.20. The zero-order chi connectivity index (χ0) is 27.5. The standard InChI is InChI=1S/C30H42N4O5/c35-19-18-33(25-12-6-2-7-13-25)30(36)27(23-10-4-1-5-11-23)16-17-31-21-24-20-29(32-22-28(24)34(37)38)39-26-14-8-3-9-15-26/h3,8-9,14-15,20,22-23,25,27,31,35H,1-2,4-7,10-13,16-19,21H2. The van der Waals surface area contributed by atoms with Crippen LogP contribution in [-0.4, -0.2) is 51.6 Å². The van der Waals surface area contributed by atoms with Crippen LogP contribution in [0.25, 0.3) is 0 Å². The molecular formula is C30H42N4O5. The van der Waals surface area contributed by atoms with Crippen molar-refractivity contribution in [1.29, 1.82) is 0 Å². The Kier molecular flexibility index (Phi) is 11.1. The number of benzene rings is 1. The molecule has 0 radical (unpaired) electrons. The second kappa shape index (κ2) is 14.9. The number of para-hydroxylation sites is 1. The minimum absolute atomic E-state index is 0.0169. The SMILES string of the molecule is O=C(C(CCNCc1cc(Oc2ccccc2)ncc1[N+](=O)[O-])C1CCCCC1)N(CCO)C1CCCCC1.